The van der Waals surface area contributed by atoms with E-state index in [0.29, 0.717) is 19.6 Å². The Kier molecular flexibility index (Phi) is 4.36. The SMILES string of the molecule is CCn1cc(CN2CCN3C(=O)[C@@H](CO)NC(=O)[C@H]3C2)c(C)n1. The predicted molar refractivity (Wildman–Crippen MR) is 82.4 cm³/mol. The lowest BCUT2D eigenvalue weighted by molar-refractivity contribution is -0.154. The van der Waals surface area contributed by atoms with Crippen molar-refractivity contribution in [1.29, 1.82) is 0 Å². The zero-order chi connectivity index (χ0) is 16.6. The van der Waals surface area contributed by atoms with E-state index in [0.717, 1.165) is 24.3 Å². The number of aromatic nitrogens is 2. The van der Waals surface area contributed by atoms with Gasteiger partial charge in [0.05, 0.1) is 12.3 Å². The van der Waals surface area contributed by atoms with E-state index in [1.807, 2.05) is 24.7 Å². The molecule has 0 aromatic carbocycles. The minimum absolute atomic E-state index is 0.186. The summed E-state index contributed by atoms with van der Waals surface area (Å²) in [6, 6.07) is -1.27. The summed E-state index contributed by atoms with van der Waals surface area (Å²) in [7, 11) is 0. The van der Waals surface area contributed by atoms with E-state index in [1.165, 1.54) is 0 Å². The number of amides is 2. The van der Waals surface area contributed by atoms with Crippen LogP contribution < -0.4 is 5.32 Å². The summed E-state index contributed by atoms with van der Waals surface area (Å²) >= 11 is 0. The molecule has 1 aromatic rings. The number of aliphatic hydroxyl groups is 1. The van der Waals surface area contributed by atoms with Gasteiger partial charge in [0.1, 0.15) is 12.1 Å². The van der Waals surface area contributed by atoms with Crippen molar-refractivity contribution in [2.45, 2.75) is 39.0 Å². The minimum Gasteiger partial charge on any atom is -0.394 e. The maximum Gasteiger partial charge on any atom is 0.248 e. The molecule has 2 aliphatic rings. The van der Waals surface area contributed by atoms with Crippen molar-refractivity contribution in [1.82, 2.24) is 24.9 Å². The number of fused-ring (bicyclic) bond motifs is 1. The highest BCUT2D eigenvalue weighted by atomic mass is 16.3. The molecular formula is C15H23N5O3. The second-order valence-corrected chi connectivity index (χ2v) is 6.12. The molecule has 0 radical (unpaired) electrons. The maximum atomic E-state index is 12.2. The van der Waals surface area contributed by atoms with Crippen LogP contribution in [0, 0.1) is 6.92 Å². The Morgan fingerprint density at radius 1 is 1.39 bits per heavy atom. The number of aryl methyl sites for hydroxylation is 2. The van der Waals surface area contributed by atoms with Crippen molar-refractivity contribution in [2.75, 3.05) is 26.2 Å². The van der Waals surface area contributed by atoms with Crippen LogP contribution in [0.25, 0.3) is 0 Å². The predicted octanol–water partition coefficient (Wildman–Crippen LogP) is -1.29. The van der Waals surface area contributed by atoms with E-state index in [-0.39, 0.29) is 18.4 Å². The Labute approximate surface area is 135 Å². The van der Waals surface area contributed by atoms with E-state index in [2.05, 4.69) is 15.3 Å². The van der Waals surface area contributed by atoms with Gasteiger partial charge in [-0.2, -0.15) is 5.10 Å². The molecule has 1 aromatic heterocycles. The second kappa shape index (κ2) is 6.29. The first-order chi connectivity index (χ1) is 11.0. The number of nitrogens with one attached hydrogen (secondary N) is 1. The number of hydrogen-bond donors (Lipinski definition) is 2. The van der Waals surface area contributed by atoms with Gasteiger partial charge < -0.3 is 15.3 Å². The topological polar surface area (TPSA) is 90.7 Å². The van der Waals surface area contributed by atoms with Gasteiger partial charge in [0, 0.05) is 44.5 Å². The van der Waals surface area contributed by atoms with Crippen molar-refractivity contribution in [2.24, 2.45) is 0 Å². The first-order valence-electron chi connectivity index (χ1n) is 8.00. The van der Waals surface area contributed by atoms with Gasteiger partial charge in [0.2, 0.25) is 11.8 Å². The molecule has 0 aliphatic carbocycles. The number of piperazine rings is 2. The highest BCUT2D eigenvalue weighted by Gasteiger charge is 2.43. The third-order valence-corrected chi connectivity index (χ3v) is 4.61. The fraction of sp³-hybridized carbons (Fsp3) is 0.667. The van der Waals surface area contributed by atoms with Gasteiger partial charge >= 0.3 is 0 Å². The van der Waals surface area contributed by atoms with Crippen LogP contribution in [-0.2, 0) is 22.7 Å². The van der Waals surface area contributed by atoms with Crippen LogP contribution in [0.5, 0.6) is 0 Å². The van der Waals surface area contributed by atoms with Crippen molar-refractivity contribution >= 4 is 11.8 Å². The molecule has 3 heterocycles. The van der Waals surface area contributed by atoms with Crippen LogP contribution in [0.3, 0.4) is 0 Å². The first kappa shape index (κ1) is 15.9. The molecule has 0 bridgehead atoms. The summed E-state index contributed by atoms with van der Waals surface area (Å²) < 4.78 is 1.91. The molecule has 2 fully saturated rings. The molecule has 8 heteroatoms. The summed E-state index contributed by atoms with van der Waals surface area (Å²) in [5.41, 5.74) is 2.15. The number of carbonyl (C=O) groups excluding carboxylic acids is 2. The number of carbonyl (C=O) groups is 2. The quantitative estimate of drug-likeness (QED) is 0.720. The number of nitrogens with zero attached hydrogens (tertiary/aromatic N) is 4. The van der Waals surface area contributed by atoms with Crippen LogP contribution in [0.1, 0.15) is 18.2 Å². The molecule has 0 saturated carbocycles. The largest absolute Gasteiger partial charge is 0.394 e. The summed E-state index contributed by atoms with van der Waals surface area (Å²) in [6.07, 6.45) is 2.04. The summed E-state index contributed by atoms with van der Waals surface area (Å²) in [5, 5.41) is 16.2. The smallest absolute Gasteiger partial charge is 0.248 e. The van der Waals surface area contributed by atoms with E-state index in [9.17, 15) is 14.7 Å². The third kappa shape index (κ3) is 2.96. The average Bonchev–Trinajstić information content (AvgIpc) is 2.91. The zero-order valence-electron chi connectivity index (χ0n) is 13.5. The van der Waals surface area contributed by atoms with Gasteiger partial charge in [-0.1, -0.05) is 0 Å². The first-order valence-corrected chi connectivity index (χ1v) is 8.00. The Morgan fingerprint density at radius 2 is 2.17 bits per heavy atom. The molecule has 3 rings (SSSR count). The van der Waals surface area contributed by atoms with E-state index in [1.54, 1.807) is 4.90 Å². The summed E-state index contributed by atoms with van der Waals surface area (Å²) in [4.78, 5) is 28.2. The van der Waals surface area contributed by atoms with Crippen LogP contribution >= 0.6 is 0 Å². The van der Waals surface area contributed by atoms with E-state index >= 15 is 0 Å². The zero-order valence-corrected chi connectivity index (χ0v) is 13.5. The van der Waals surface area contributed by atoms with Crippen molar-refractivity contribution in [3.05, 3.63) is 17.5 Å². The Morgan fingerprint density at radius 3 is 2.83 bits per heavy atom. The summed E-state index contributed by atoms with van der Waals surface area (Å²) in [5.74, 6) is -0.374. The summed E-state index contributed by atoms with van der Waals surface area (Å²) in [6.45, 7) is 6.96. The van der Waals surface area contributed by atoms with Crippen LogP contribution in [-0.4, -0.2) is 74.8 Å². The molecule has 0 unspecified atom stereocenters. The molecule has 2 atom stereocenters. The standard InChI is InChI=1S/C15H23N5O3/c1-3-19-7-11(10(2)17-19)6-18-4-5-20-13(8-18)14(22)16-12(9-21)15(20)23/h7,12-13,21H,3-6,8-9H2,1-2H3,(H,16,22)/t12-,13-/m1/s1. The average molecular weight is 321 g/mol. The molecule has 2 N–H and O–H groups in total. The Bertz CT molecular complexity index is 614. The molecule has 126 valence electrons. The molecule has 2 amide bonds. The third-order valence-electron chi connectivity index (χ3n) is 4.61. The molecule has 8 nitrogen and oxygen atoms in total. The van der Waals surface area contributed by atoms with Crippen molar-refractivity contribution in [3.8, 4) is 0 Å². The van der Waals surface area contributed by atoms with E-state index < -0.39 is 12.1 Å². The Balaban J connectivity index is 1.69. The molecule has 2 saturated heterocycles. The lowest BCUT2D eigenvalue weighted by Crippen LogP contribution is -2.69. The van der Waals surface area contributed by atoms with Gasteiger partial charge in [-0.25, -0.2) is 0 Å². The number of rotatable bonds is 4. The van der Waals surface area contributed by atoms with Crippen LogP contribution in [0.15, 0.2) is 6.20 Å². The minimum atomic E-state index is -0.796. The monoisotopic (exact) mass is 321 g/mol. The maximum absolute atomic E-state index is 12.2. The molecular weight excluding hydrogens is 298 g/mol. The lowest BCUT2D eigenvalue weighted by atomic mass is 10.0. The van der Waals surface area contributed by atoms with Gasteiger partial charge in [-0.15, -0.1) is 0 Å². The van der Waals surface area contributed by atoms with Gasteiger partial charge in [0.25, 0.3) is 0 Å². The van der Waals surface area contributed by atoms with Gasteiger partial charge in [0.15, 0.2) is 0 Å². The fourth-order valence-electron chi connectivity index (χ4n) is 3.24. The normalized spacial score (nSPS) is 25.4. The van der Waals surface area contributed by atoms with Crippen LogP contribution in [0.2, 0.25) is 0 Å². The second-order valence-electron chi connectivity index (χ2n) is 6.12. The lowest BCUT2D eigenvalue weighted by Gasteiger charge is -2.44. The molecule has 2 aliphatic heterocycles. The van der Waals surface area contributed by atoms with Crippen molar-refractivity contribution < 1.29 is 14.7 Å². The molecule has 0 spiro atoms. The number of hydrogen-bond acceptors (Lipinski definition) is 5. The van der Waals surface area contributed by atoms with Crippen LogP contribution in [0.4, 0.5) is 0 Å². The molecule has 23 heavy (non-hydrogen) atoms. The highest BCUT2D eigenvalue weighted by Crippen LogP contribution is 2.19. The van der Waals surface area contributed by atoms with Gasteiger partial charge in [-0.3, -0.25) is 19.2 Å². The highest BCUT2D eigenvalue weighted by molar-refractivity contribution is 5.97. The fourth-order valence-corrected chi connectivity index (χ4v) is 3.24. The number of aliphatic hydroxyl groups excluding tert-OH is 1. The van der Waals surface area contributed by atoms with Gasteiger partial charge in [-0.05, 0) is 13.8 Å². The van der Waals surface area contributed by atoms with E-state index in [4.69, 9.17) is 0 Å². The van der Waals surface area contributed by atoms with Crippen molar-refractivity contribution in [3.63, 3.8) is 0 Å². The Hall–Kier alpha value is -1.93.